The van der Waals surface area contributed by atoms with Crippen LogP contribution in [0.1, 0.15) is 0 Å². The minimum absolute atomic E-state index is 0.921. The van der Waals surface area contributed by atoms with Gasteiger partial charge in [-0.25, -0.2) is 0 Å². The zero-order valence-corrected chi connectivity index (χ0v) is 23.6. The summed E-state index contributed by atoms with van der Waals surface area (Å²) in [5, 5.41) is 2.27. The fourth-order valence-corrected chi connectivity index (χ4v) is 6.10. The second-order valence-electron chi connectivity index (χ2n) is 10.9. The number of hydrogen-bond acceptors (Lipinski definition) is 1. The van der Waals surface area contributed by atoms with Crippen LogP contribution in [0.15, 0.2) is 174 Å². The summed E-state index contributed by atoms with van der Waals surface area (Å²) < 4.78 is 6.72. The van der Waals surface area contributed by atoms with Crippen LogP contribution in [0.4, 0.5) is 0 Å². The molecular weight excluding hydrogens is 520 g/mol. The number of rotatable bonds is 5. The molecule has 1 nitrogen and oxygen atoms in total. The highest BCUT2D eigenvalue weighted by molar-refractivity contribution is 6.13. The molecule has 0 unspecified atom stereocenters. The molecule has 0 radical (unpaired) electrons. The van der Waals surface area contributed by atoms with Gasteiger partial charge < -0.3 is 4.42 Å². The van der Waals surface area contributed by atoms with Crippen molar-refractivity contribution < 1.29 is 4.42 Å². The summed E-state index contributed by atoms with van der Waals surface area (Å²) in [6, 6.07) is 60.2. The van der Waals surface area contributed by atoms with Gasteiger partial charge in [0.15, 0.2) is 0 Å². The van der Waals surface area contributed by atoms with E-state index in [0.717, 1.165) is 44.2 Å². The van der Waals surface area contributed by atoms with Crippen LogP contribution in [-0.4, -0.2) is 0 Å². The van der Waals surface area contributed by atoms with Crippen molar-refractivity contribution in [2.24, 2.45) is 0 Å². The Labute approximate surface area is 251 Å². The minimum atomic E-state index is 0.921. The van der Waals surface area contributed by atoms with E-state index in [1.807, 2.05) is 6.07 Å². The van der Waals surface area contributed by atoms with Crippen LogP contribution in [0.3, 0.4) is 0 Å². The fourth-order valence-electron chi connectivity index (χ4n) is 6.10. The fraction of sp³-hybridized carbons (Fsp3) is 0. The van der Waals surface area contributed by atoms with Crippen molar-refractivity contribution in [1.29, 1.82) is 0 Å². The van der Waals surface area contributed by atoms with E-state index in [2.05, 4.69) is 164 Å². The summed E-state index contributed by atoms with van der Waals surface area (Å²) in [5.41, 5.74) is 13.6. The molecule has 0 saturated carbocycles. The maximum absolute atomic E-state index is 6.72. The van der Waals surface area contributed by atoms with Crippen LogP contribution in [0.25, 0.3) is 77.6 Å². The quantitative estimate of drug-likeness (QED) is 0.208. The lowest BCUT2D eigenvalue weighted by atomic mass is 9.96. The Hall–Kier alpha value is -5.66. The van der Waals surface area contributed by atoms with Gasteiger partial charge in [0, 0.05) is 21.9 Å². The van der Waals surface area contributed by atoms with Crippen molar-refractivity contribution in [3.8, 4) is 55.6 Å². The maximum atomic E-state index is 6.72. The van der Waals surface area contributed by atoms with Crippen LogP contribution in [-0.2, 0) is 0 Å². The van der Waals surface area contributed by atoms with Crippen molar-refractivity contribution in [2.75, 3.05) is 0 Å². The van der Waals surface area contributed by atoms with E-state index in [1.54, 1.807) is 0 Å². The summed E-state index contributed by atoms with van der Waals surface area (Å²) in [6.07, 6.45) is 0. The first-order valence-electron chi connectivity index (χ1n) is 14.7. The predicted molar refractivity (Wildman–Crippen MR) is 181 cm³/mol. The lowest BCUT2D eigenvalue weighted by Crippen LogP contribution is -1.83. The first-order chi connectivity index (χ1) is 21.3. The van der Waals surface area contributed by atoms with Gasteiger partial charge in [0.2, 0.25) is 0 Å². The molecule has 8 rings (SSSR count). The number of hydrogen-bond donors (Lipinski definition) is 0. The molecule has 43 heavy (non-hydrogen) atoms. The van der Waals surface area contributed by atoms with Crippen LogP contribution in [0, 0.1) is 0 Å². The summed E-state index contributed by atoms with van der Waals surface area (Å²) in [4.78, 5) is 0. The van der Waals surface area contributed by atoms with Gasteiger partial charge in [-0.05, 0) is 50.6 Å². The van der Waals surface area contributed by atoms with Crippen molar-refractivity contribution in [2.45, 2.75) is 0 Å². The number of benzene rings is 7. The van der Waals surface area contributed by atoms with E-state index in [-0.39, 0.29) is 0 Å². The van der Waals surface area contributed by atoms with Crippen LogP contribution >= 0.6 is 0 Å². The zero-order chi connectivity index (χ0) is 28.6. The molecule has 0 aliphatic carbocycles. The molecule has 0 saturated heterocycles. The van der Waals surface area contributed by atoms with E-state index < -0.39 is 0 Å². The molecule has 0 atom stereocenters. The Kier molecular flexibility index (Phi) is 6.20. The van der Waals surface area contributed by atoms with Gasteiger partial charge in [0.05, 0.1) is 0 Å². The van der Waals surface area contributed by atoms with E-state index in [1.165, 1.54) is 33.4 Å². The van der Waals surface area contributed by atoms with Crippen LogP contribution in [0.2, 0.25) is 0 Å². The molecule has 202 valence electrons. The predicted octanol–water partition coefficient (Wildman–Crippen LogP) is 11.9. The highest BCUT2D eigenvalue weighted by Gasteiger charge is 2.16. The molecule has 1 aromatic heterocycles. The Balaban J connectivity index is 1.16. The number of para-hydroxylation sites is 2. The Bertz CT molecular complexity index is 2190. The molecule has 0 aliphatic heterocycles. The van der Waals surface area contributed by atoms with Crippen molar-refractivity contribution in [3.05, 3.63) is 170 Å². The lowest BCUT2D eigenvalue weighted by Gasteiger charge is -2.08. The van der Waals surface area contributed by atoms with Gasteiger partial charge in [0.1, 0.15) is 11.2 Å². The molecule has 1 heterocycles. The highest BCUT2D eigenvalue weighted by Crippen LogP contribution is 2.40. The summed E-state index contributed by atoms with van der Waals surface area (Å²) >= 11 is 0. The first-order valence-corrected chi connectivity index (χ1v) is 14.7. The van der Waals surface area contributed by atoms with Crippen LogP contribution in [0.5, 0.6) is 0 Å². The number of fused-ring (bicyclic) bond motifs is 3. The monoisotopic (exact) mass is 548 g/mol. The molecular formula is C42H28O. The molecule has 0 amide bonds. The van der Waals surface area contributed by atoms with E-state index >= 15 is 0 Å². The van der Waals surface area contributed by atoms with Gasteiger partial charge in [-0.2, -0.15) is 0 Å². The van der Waals surface area contributed by atoms with Gasteiger partial charge >= 0.3 is 0 Å². The van der Waals surface area contributed by atoms with Crippen molar-refractivity contribution in [1.82, 2.24) is 0 Å². The second-order valence-corrected chi connectivity index (χ2v) is 10.9. The summed E-state index contributed by atoms with van der Waals surface area (Å²) in [7, 11) is 0. The van der Waals surface area contributed by atoms with Gasteiger partial charge in [-0.15, -0.1) is 0 Å². The van der Waals surface area contributed by atoms with E-state index in [4.69, 9.17) is 4.42 Å². The van der Waals surface area contributed by atoms with Gasteiger partial charge in [0.25, 0.3) is 0 Å². The molecule has 0 aliphatic rings. The Morgan fingerprint density at radius 3 is 1.09 bits per heavy atom. The largest absolute Gasteiger partial charge is 0.455 e. The standard InChI is InChI=1S/C42H28O/c1-3-10-29(11-4-1)31-20-24-33(25-21-31)37-16-8-18-39-40-19-9-17-38(42(40)43-41(37)39)34-26-22-32(23-27-34)36-15-7-14-35(28-36)30-12-5-2-6-13-30/h1-28H. The topological polar surface area (TPSA) is 13.1 Å². The third-order valence-electron chi connectivity index (χ3n) is 8.33. The smallest absolute Gasteiger partial charge is 0.143 e. The molecule has 7 aromatic carbocycles. The van der Waals surface area contributed by atoms with Crippen molar-refractivity contribution >= 4 is 21.9 Å². The third kappa shape index (κ3) is 4.62. The summed E-state index contributed by atoms with van der Waals surface area (Å²) in [5.74, 6) is 0. The third-order valence-corrected chi connectivity index (χ3v) is 8.33. The Morgan fingerprint density at radius 1 is 0.256 bits per heavy atom. The molecule has 8 aromatic rings. The SMILES string of the molecule is c1ccc(-c2ccc(-c3cccc4c3oc3c(-c5ccc(-c6cccc(-c7ccccc7)c6)cc5)cccc34)cc2)cc1. The number of furan rings is 1. The minimum Gasteiger partial charge on any atom is -0.455 e. The molecule has 1 heteroatoms. The highest BCUT2D eigenvalue weighted by atomic mass is 16.3. The molecule has 0 fully saturated rings. The van der Waals surface area contributed by atoms with Crippen LogP contribution < -0.4 is 0 Å². The maximum Gasteiger partial charge on any atom is 0.143 e. The molecule has 0 N–H and O–H groups in total. The average molecular weight is 549 g/mol. The lowest BCUT2D eigenvalue weighted by molar-refractivity contribution is 0.671. The van der Waals surface area contributed by atoms with Crippen molar-refractivity contribution in [3.63, 3.8) is 0 Å². The average Bonchev–Trinajstić information content (AvgIpc) is 3.49. The molecule has 0 bridgehead atoms. The second kappa shape index (κ2) is 10.6. The zero-order valence-electron chi connectivity index (χ0n) is 23.6. The molecule has 0 spiro atoms. The first kappa shape index (κ1) is 25.1. The normalized spacial score (nSPS) is 11.3. The van der Waals surface area contributed by atoms with Gasteiger partial charge in [-0.3, -0.25) is 0 Å². The van der Waals surface area contributed by atoms with Gasteiger partial charge in [-0.1, -0.05) is 164 Å². The summed E-state index contributed by atoms with van der Waals surface area (Å²) in [6.45, 7) is 0. The van der Waals surface area contributed by atoms with E-state index in [0.29, 0.717) is 0 Å². The van der Waals surface area contributed by atoms with E-state index in [9.17, 15) is 0 Å². The Morgan fingerprint density at radius 2 is 0.605 bits per heavy atom.